The maximum atomic E-state index is 5.67. The van der Waals surface area contributed by atoms with Crippen LogP contribution in [0, 0.1) is 5.92 Å². The molecule has 188 valence electrons. The van der Waals surface area contributed by atoms with E-state index in [4.69, 9.17) is 4.74 Å². The highest BCUT2D eigenvalue weighted by Crippen LogP contribution is 2.57. The van der Waals surface area contributed by atoms with Crippen LogP contribution >= 0.6 is 17.0 Å². The summed E-state index contributed by atoms with van der Waals surface area (Å²) >= 11 is 0. The molecule has 0 N–H and O–H groups in total. The van der Waals surface area contributed by atoms with E-state index in [1.165, 1.54) is 49.8 Å². The molecule has 1 aliphatic heterocycles. The van der Waals surface area contributed by atoms with Gasteiger partial charge in [-0.2, -0.15) is 0 Å². The van der Waals surface area contributed by atoms with Crippen LogP contribution in [0.1, 0.15) is 66.8 Å². The lowest BCUT2D eigenvalue weighted by Crippen LogP contribution is -2.61. The predicted octanol–water partition coefficient (Wildman–Crippen LogP) is 8.18. The second kappa shape index (κ2) is 10.9. The summed E-state index contributed by atoms with van der Waals surface area (Å²) in [6.07, 6.45) is 13.6. The lowest BCUT2D eigenvalue weighted by atomic mass is 9.52. The van der Waals surface area contributed by atoms with Crippen molar-refractivity contribution in [1.29, 1.82) is 0 Å². The number of piperidine rings is 1. The van der Waals surface area contributed by atoms with E-state index in [0.717, 1.165) is 24.5 Å². The van der Waals surface area contributed by atoms with E-state index in [1.54, 1.807) is 18.2 Å². The number of fused-ring (bicyclic) bond motifs is 1. The normalized spacial score (nSPS) is 25.9. The van der Waals surface area contributed by atoms with Crippen molar-refractivity contribution in [2.45, 2.75) is 62.4 Å². The fraction of sp³-hybridized carbons (Fsp3) is 0.394. The van der Waals surface area contributed by atoms with Crippen LogP contribution in [0.25, 0.3) is 6.08 Å². The van der Waals surface area contributed by atoms with Crippen LogP contribution in [0.5, 0.6) is 5.75 Å². The minimum atomic E-state index is 0. The predicted molar refractivity (Wildman–Crippen MR) is 155 cm³/mol. The van der Waals surface area contributed by atoms with Gasteiger partial charge in [0.15, 0.2) is 0 Å². The Morgan fingerprint density at radius 1 is 0.972 bits per heavy atom. The molecule has 1 saturated carbocycles. The third-order valence-corrected chi connectivity index (χ3v) is 9.14. The zero-order valence-electron chi connectivity index (χ0n) is 21.3. The SMILES string of the molecule is Br.COc1ccc2c(c1)[C@@]13CCCC[C@H]1[C@@H](C2)N(C(CC=Cc1ccccc1)c1ccccc1)CC3. The third-order valence-electron chi connectivity index (χ3n) is 9.14. The minimum absolute atomic E-state index is 0. The summed E-state index contributed by atoms with van der Waals surface area (Å²) in [5.41, 5.74) is 6.24. The highest BCUT2D eigenvalue weighted by molar-refractivity contribution is 8.93. The van der Waals surface area contributed by atoms with Gasteiger partial charge in [0.25, 0.3) is 0 Å². The Kier molecular flexibility index (Phi) is 7.69. The van der Waals surface area contributed by atoms with E-state index in [-0.39, 0.29) is 17.0 Å². The van der Waals surface area contributed by atoms with Gasteiger partial charge in [0.1, 0.15) is 5.75 Å². The first-order valence-corrected chi connectivity index (χ1v) is 13.5. The number of hydrogen-bond donors (Lipinski definition) is 0. The number of hydrogen-bond acceptors (Lipinski definition) is 2. The van der Waals surface area contributed by atoms with Crippen molar-refractivity contribution >= 4 is 23.1 Å². The first kappa shape index (κ1) is 25.3. The number of nitrogens with zero attached hydrogens (tertiary/aromatic N) is 1. The number of methoxy groups -OCH3 is 1. The van der Waals surface area contributed by atoms with Crippen LogP contribution in [0.3, 0.4) is 0 Å². The summed E-state index contributed by atoms with van der Waals surface area (Å²) in [7, 11) is 1.80. The Morgan fingerprint density at radius 2 is 1.75 bits per heavy atom. The summed E-state index contributed by atoms with van der Waals surface area (Å²) < 4.78 is 5.67. The van der Waals surface area contributed by atoms with E-state index in [9.17, 15) is 0 Å². The second-order valence-electron chi connectivity index (χ2n) is 10.8. The molecule has 3 heteroatoms. The smallest absolute Gasteiger partial charge is 0.119 e. The monoisotopic (exact) mass is 543 g/mol. The Labute approximate surface area is 227 Å². The molecule has 0 spiro atoms. The fourth-order valence-electron chi connectivity index (χ4n) is 7.56. The van der Waals surface area contributed by atoms with Crippen molar-refractivity contribution in [2.24, 2.45) is 5.92 Å². The van der Waals surface area contributed by atoms with Crippen LogP contribution < -0.4 is 4.74 Å². The average Bonchev–Trinajstić information content (AvgIpc) is 2.92. The van der Waals surface area contributed by atoms with Gasteiger partial charge in [0.2, 0.25) is 0 Å². The Bertz CT molecular complexity index is 1180. The summed E-state index contributed by atoms with van der Waals surface area (Å²) in [5, 5.41) is 0. The van der Waals surface area contributed by atoms with Gasteiger partial charge >= 0.3 is 0 Å². The molecule has 1 unspecified atom stereocenters. The Morgan fingerprint density at radius 3 is 2.53 bits per heavy atom. The molecule has 3 aromatic carbocycles. The number of halogens is 1. The zero-order chi connectivity index (χ0) is 23.7. The van der Waals surface area contributed by atoms with Crippen LogP contribution in [0.4, 0.5) is 0 Å². The van der Waals surface area contributed by atoms with Crippen LogP contribution in [0.15, 0.2) is 84.9 Å². The molecule has 0 radical (unpaired) electrons. The lowest BCUT2D eigenvalue weighted by Gasteiger charge is -2.60. The van der Waals surface area contributed by atoms with Gasteiger partial charge in [0, 0.05) is 17.5 Å². The zero-order valence-corrected chi connectivity index (χ0v) is 23.0. The molecule has 2 fully saturated rings. The molecule has 1 heterocycles. The minimum Gasteiger partial charge on any atom is -0.497 e. The Hall–Kier alpha value is -2.36. The molecule has 3 aromatic rings. The molecule has 0 aromatic heterocycles. The van der Waals surface area contributed by atoms with Gasteiger partial charge in [0.05, 0.1) is 7.11 Å². The van der Waals surface area contributed by atoms with Crippen molar-refractivity contribution in [1.82, 2.24) is 4.90 Å². The highest BCUT2D eigenvalue weighted by atomic mass is 79.9. The highest BCUT2D eigenvalue weighted by Gasteiger charge is 2.54. The van der Waals surface area contributed by atoms with E-state index < -0.39 is 0 Å². The van der Waals surface area contributed by atoms with Crippen molar-refractivity contribution in [3.63, 3.8) is 0 Å². The van der Waals surface area contributed by atoms with Gasteiger partial charge in [-0.3, -0.25) is 4.90 Å². The first-order valence-electron chi connectivity index (χ1n) is 13.5. The summed E-state index contributed by atoms with van der Waals surface area (Å²) in [5.74, 6) is 1.77. The van der Waals surface area contributed by atoms with Gasteiger partial charge in [-0.25, -0.2) is 0 Å². The number of benzene rings is 3. The standard InChI is InChI=1S/C33H37NO.BrH/c1-35-28-19-18-27-23-32-29-16-8-9-20-33(29,30(27)24-28)21-22-34(32)31(26-14-6-3-7-15-26)17-10-13-25-11-4-2-5-12-25;/h2-7,10-15,18-19,24,29,31-32H,8-9,16-17,20-23H2,1H3;1H/t29-,31?,32+,33+;/m0./s1. The third kappa shape index (κ3) is 4.57. The van der Waals surface area contributed by atoms with Crippen molar-refractivity contribution in [3.05, 3.63) is 107 Å². The quantitative estimate of drug-likeness (QED) is 0.310. The van der Waals surface area contributed by atoms with Crippen molar-refractivity contribution in [3.8, 4) is 5.75 Å². The lowest BCUT2D eigenvalue weighted by molar-refractivity contribution is -0.0340. The van der Waals surface area contributed by atoms with Gasteiger partial charge in [-0.1, -0.05) is 91.7 Å². The molecular formula is C33H38BrNO. The Balaban J connectivity index is 0.00000267. The molecule has 2 bridgehead atoms. The molecule has 3 aliphatic rings. The first-order chi connectivity index (χ1) is 17.3. The fourth-order valence-corrected chi connectivity index (χ4v) is 7.56. The van der Waals surface area contributed by atoms with Gasteiger partial charge < -0.3 is 4.74 Å². The average molecular weight is 545 g/mol. The summed E-state index contributed by atoms with van der Waals surface area (Å²) in [4.78, 5) is 2.89. The second-order valence-corrected chi connectivity index (χ2v) is 10.8. The maximum Gasteiger partial charge on any atom is 0.119 e. The molecule has 2 aliphatic carbocycles. The van der Waals surface area contributed by atoms with Gasteiger partial charge in [-0.05, 0) is 79.0 Å². The molecule has 4 atom stereocenters. The van der Waals surface area contributed by atoms with Crippen LogP contribution in [-0.4, -0.2) is 24.6 Å². The van der Waals surface area contributed by atoms with E-state index >= 15 is 0 Å². The molecular weight excluding hydrogens is 506 g/mol. The topological polar surface area (TPSA) is 12.5 Å². The largest absolute Gasteiger partial charge is 0.497 e. The van der Waals surface area contributed by atoms with Crippen molar-refractivity contribution < 1.29 is 4.74 Å². The number of likely N-dealkylation sites (tertiary alicyclic amines) is 1. The van der Waals surface area contributed by atoms with E-state index in [1.807, 2.05) is 0 Å². The summed E-state index contributed by atoms with van der Waals surface area (Å²) in [6.45, 7) is 1.18. The molecule has 2 nitrogen and oxygen atoms in total. The van der Waals surface area contributed by atoms with E-state index in [2.05, 4.69) is 95.9 Å². The number of ether oxygens (including phenoxy) is 1. The summed E-state index contributed by atoms with van der Waals surface area (Å²) in [6, 6.07) is 29.9. The molecule has 1 saturated heterocycles. The molecule has 36 heavy (non-hydrogen) atoms. The van der Waals surface area contributed by atoms with Gasteiger partial charge in [-0.15, -0.1) is 17.0 Å². The van der Waals surface area contributed by atoms with E-state index in [0.29, 0.717) is 17.5 Å². The molecule has 0 amide bonds. The van der Waals surface area contributed by atoms with Crippen LogP contribution in [0.2, 0.25) is 0 Å². The molecule has 6 rings (SSSR count). The van der Waals surface area contributed by atoms with Crippen molar-refractivity contribution in [2.75, 3.05) is 13.7 Å². The number of rotatable bonds is 6. The maximum absolute atomic E-state index is 5.67. The van der Waals surface area contributed by atoms with Crippen LogP contribution in [-0.2, 0) is 11.8 Å².